The molecule has 0 saturated heterocycles. The molecule has 1 atom stereocenters. The fourth-order valence-electron chi connectivity index (χ4n) is 3.18. The van der Waals surface area contributed by atoms with E-state index in [-0.39, 0.29) is 22.9 Å². The molecule has 2 N–H and O–H groups in total. The maximum absolute atomic E-state index is 13.9. The Labute approximate surface area is 199 Å². The van der Waals surface area contributed by atoms with Gasteiger partial charge in [0.05, 0.1) is 28.0 Å². The number of non-ortho nitro benzene ring substituents is 1. The van der Waals surface area contributed by atoms with Gasteiger partial charge in [0.15, 0.2) is 11.0 Å². The Bertz CT molecular complexity index is 1230. The van der Waals surface area contributed by atoms with E-state index in [1.165, 1.54) is 30.3 Å². The molecule has 0 saturated carbocycles. The van der Waals surface area contributed by atoms with E-state index in [2.05, 4.69) is 20.8 Å². The average molecular weight is 487 g/mol. The van der Waals surface area contributed by atoms with Crippen LogP contribution in [0.2, 0.25) is 0 Å². The van der Waals surface area contributed by atoms with Gasteiger partial charge in [-0.3, -0.25) is 19.7 Å². The summed E-state index contributed by atoms with van der Waals surface area (Å²) in [6.45, 7) is 5.80. The van der Waals surface area contributed by atoms with Crippen molar-refractivity contribution in [2.45, 2.75) is 38.5 Å². The fraction of sp³-hybridized carbons (Fsp3) is 0.273. The first-order valence-corrected chi connectivity index (χ1v) is 11.4. The molecule has 2 amide bonds. The first-order valence-electron chi connectivity index (χ1n) is 10.4. The number of halogens is 1. The molecule has 178 valence electrons. The predicted molar refractivity (Wildman–Crippen MR) is 125 cm³/mol. The zero-order valence-electron chi connectivity index (χ0n) is 18.7. The second kappa shape index (κ2) is 10.9. The molecule has 0 aliphatic heterocycles. The van der Waals surface area contributed by atoms with Crippen LogP contribution in [0.5, 0.6) is 0 Å². The van der Waals surface area contributed by atoms with E-state index in [4.69, 9.17) is 0 Å². The highest BCUT2D eigenvalue weighted by atomic mass is 32.2. The van der Waals surface area contributed by atoms with Crippen molar-refractivity contribution in [1.29, 1.82) is 0 Å². The van der Waals surface area contributed by atoms with Gasteiger partial charge in [-0.25, -0.2) is 4.39 Å². The van der Waals surface area contributed by atoms with Gasteiger partial charge < -0.3 is 15.2 Å². The summed E-state index contributed by atoms with van der Waals surface area (Å²) in [5.41, 5.74) is 0.874. The second-order valence-electron chi connectivity index (χ2n) is 7.35. The number of thioether (sulfide) groups is 1. The SMILES string of the molecule is CCn1c(SCC(=O)Nc2cc([N+](=O)[O-])ccc2C)nnc1[C@@H](C)NC(=O)c1ccccc1F. The molecule has 10 nitrogen and oxygen atoms in total. The molecule has 0 bridgehead atoms. The highest BCUT2D eigenvalue weighted by molar-refractivity contribution is 7.99. The Kier molecular flexibility index (Phi) is 7.95. The minimum atomic E-state index is -0.620. The Morgan fingerprint density at radius 3 is 2.65 bits per heavy atom. The monoisotopic (exact) mass is 486 g/mol. The van der Waals surface area contributed by atoms with Crippen molar-refractivity contribution in [1.82, 2.24) is 20.1 Å². The van der Waals surface area contributed by atoms with Crippen molar-refractivity contribution in [3.05, 3.63) is 75.3 Å². The molecule has 34 heavy (non-hydrogen) atoms. The van der Waals surface area contributed by atoms with Crippen LogP contribution in [0, 0.1) is 22.9 Å². The van der Waals surface area contributed by atoms with Gasteiger partial charge in [0.25, 0.3) is 11.6 Å². The Morgan fingerprint density at radius 1 is 1.24 bits per heavy atom. The normalized spacial score (nSPS) is 11.6. The van der Waals surface area contributed by atoms with Gasteiger partial charge >= 0.3 is 0 Å². The van der Waals surface area contributed by atoms with Gasteiger partial charge in [0.1, 0.15) is 5.82 Å². The van der Waals surface area contributed by atoms with E-state index in [0.29, 0.717) is 28.8 Å². The quantitative estimate of drug-likeness (QED) is 0.266. The summed E-state index contributed by atoms with van der Waals surface area (Å²) in [6, 6.07) is 9.37. The Balaban J connectivity index is 1.66. The number of nitrogens with one attached hydrogen (secondary N) is 2. The first-order chi connectivity index (χ1) is 16.2. The molecule has 3 aromatic rings. The van der Waals surface area contributed by atoms with Crippen LogP contribution in [-0.2, 0) is 11.3 Å². The standard InChI is InChI=1S/C22H23FN6O4S/c1-4-28-20(14(3)24-21(31)16-7-5-6-8-17(16)23)26-27-22(28)34-12-19(30)25-18-11-15(29(32)33)10-9-13(18)2/h5-11,14H,4,12H2,1-3H3,(H,24,31)(H,25,30)/t14-/m1/s1. The third-order valence-corrected chi connectivity index (χ3v) is 5.92. The number of aryl methyl sites for hydroxylation is 1. The first kappa shape index (κ1) is 24.8. The molecular weight excluding hydrogens is 463 g/mol. The molecule has 12 heteroatoms. The van der Waals surface area contributed by atoms with E-state index in [1.807, 2.05) is 6.92 Å². The summed E-state index contributed by atoms with van der Waals surface area (Å²) in [5.74, 6) is -1.09. The number of nitrogens with zero attached hydrogens (tertiary/aromatic N) is 4. The Morgan fingerprint density at radius 2 is 1.97 bits per heavy atom. The zero-order chi connectivity index (χ0) is 24.8. The molecule has 3 rings (SSSR count). The lowest BCUT2D eigenvalue weighted by Gasteiger charge is -2.15. The summed E-state index contributed by atoms with van der Waals surface area (Å²) in [4.78, 5) is 35.3. The number of hydrogen-bond acceptors (Lipinski definition) is 7. The van der Waals surface area contributed by atoms with E-state index >= 15 is 0 Å². The molecule has 0 radical (unpaired) electrons. The number of benzene rings is 2. The molecule has 0 unspecified atom stereocenters. The molecule has 0 aliphatic carbocycles. The van der Waals surface area contributed by atoms with Gasteiger partial charge in [0, 0.05) is 18.7 Å². The third kappa shape index (κ3) is 5.76. The highest BCUT2D eigenvalue weighted by Gasteiger charge is 2.21. The van der Waals surface area contributed by atoms with Crippen molar-refractivity contribution < 1.29 is 18.9 Å². The predicted octanol–water partition coefficient (Wildman–Crippen LogP) is 3.88. The van der Waals surface area contributed by atoms with Gasteiger partial charge in [-0.2, -0.15) is 0 Å². The molecule has 0 fully saturated rings. The minimum Gasteiger partial charge on any atom is -0.342 e. The lowest BCUT2D eigenvalue weighted by Crippen LogP contribution is -2.29. The number of carbonyl (C=O) groups is 2. The second-order valence-corrected chi connectivity index (χ2v) is 8.30. The summed E-state index contributed by atoms with van der Waals surface area (Å²) >= 11 is 1.14. The number of hydrogen-bond donors (Lipinski definition) is 2. The number of rotatable bonds is 9. The summed E-state index contributed by atoms with van der Waals surface area (Å²) in [5, 5.41) is 25.1. The van der Waals surface area contributed by atoms with Crippen molar-refractivity contribution in [2.75, 3.05) is 11.1 Å². The van der Waals surface area contributed by atoms with Gasteiger partial charge in [-0.05, 0) is 38.5 Å². The lowest BCUT2D eigenvalue weighted by molar-refractivity contribution is -0.384. The number of nitro benzene ring substituents is 1. The lowest BCUT2D eigenvalue weighted by atomic mass is 10.2. The third-order valence-electron chi connectivity index (χ3n) is 4.95. The fourth-order valence-corrected chi connectivity index (χ4v) is 3.99. The number of carbonyl (C=O) groups excluding carboxylic acids is 2. The van der Waals surface area contributed by atoms with Gasteiger partial charge in [-0.1, -0.05) is 30.0 Å². The van der Waals surface area contributed by atoms with Crippen LogP contribution in [0.3, 0.4) is 0 Å². The molecule has 0 spiro atoms. The van der Waals surface area contributed by atoms with E-state index in [1.54, 1.807) is 30.5 Å². The van der Waals surface area contributed by atoms with Crippen LogP contribution < -0.4 is 10.6 Å². The zero-order valence-corrected chi connectivity index (χ0v) is 19.6. The highest BCUT2D eigenvalue weighted by Crippen LogP contribution is 2.24. The van der Waals surface area contributed by atoms with Crippen molar-refractivity contribution in [2.24, 2.45) is 0 Å². The Hall–Kier alpha value is -3.80. The molecule has 0 aliphatic rings. The summed E-state index contributed by atoms with van der Waals surface area (Å²) in [7, 11) is 0. The van der Waals surface area contributed by atoms with Crippen LogP contribution in [0.15, 0.2) is 47.6 Å². The summed E-state index contributed by atoms with van der Waals surface area (Å²) < 4.78 is 15.6. The van der Waals surface area contributed by atoms with Crippen LogP contribution in [0.25, 0.3) is 0 Å². The van der Waals surface area contributed by atoms with Crippen molar-refractivity contribution >= 4 is 35.0 Å². The molecular formula is C22H23FN6O4S. The van der Waals surface area contributed by atoms with Crippen LogP contribution >= 0.6 is 11.8 Å². The number of nitro groups is 1. The number of anilines is 1. The molecule has 2 aromatic carbocycles. The molecule has 1 aromatic heterocycles. The van der Waals surface area contributed by atoms with E-state index in [0.717, 1.165) is 11.8 Å². The maximum Gasteiger partial charge on any atom is 0.271 e. The minimum absolute atomic E-state index is 0.00374. The summed E-state index contributed by atoms with van der Waals surface area (Å²) in [6.07, 6.45) is 0. The van der Waals surface area contributed by atoms with Gasteiger partial charge in [-0.15, -0.1) is 10.2 Å². The van der Waals surface area contributed by atoms with E-state index in [9.17, 15) is 24.1 Å². The van der Waals surface area contributed by atoms with Crippen LogP contribution in [-0.4, -0.2) is 37.3 Å². The average Bonchev–Trinajstić information content (AvgIpc) is 3.22. The van der Waals surface area contributed by atoms with Crippen LogP contribution in [0.4, 0.5) is 15.8 Å². The number of amides is 2. The van der Waals surface area contributed by atoms with Crippen molar-refractivity contribution in [3.63, 3.8) is 0 Å². The smallest absolute Gasteiger partial charge is 0.271 e. The molecule has 1 heterocycles. The van der Waals surface area contributed by atoms with Crippen LogP contribution in [0.1, 0.15) is 41.6 Å². The maximum atomic E-state index is 13.9. The number of aromatic nitrogens is 3. The van der Waals surface area contributed by atoms with Gasteiger partial charge in [0.2, 0.25) is 5.91 Å². The largest absolute Gasteiger partial charge is 0.342 e. The van der Waals surface area contributed by atoms with E-state index < -0.39 is 22.7 Å². The van der Waals surface area contributed by atoms with Crippen molar-refractivity contribution in [3.8, 4) is 0 Å². The topological polar surface area (TPSA) is 132 Å².